The fraction of sp³-hybridized carbons (Fsp3) is 0.400. The van der Waals surface area contributed by atoms with Gasteiger partial charge in [-0.15, -0.1) is 35.0 Å². The summed E-state index contributed by atoms with van der Waals surface area (Å²) in [5.74, 6) is 1.01. The fourth-order valence-corrected chi connectivity index (χ4v) is 3.28. The number of halogens is 2. The molecule has 0 radical (unpaired) electrons. The molecule has 2 rings (SSSR count). The van der Waals surface area contributed by atoms with Gasteiger partial charge in [0.05, 0.1) is 4.92 Å². The van der Waals surface area contributed by atoms with Gasteiger partial charge in [0, 0.05) is 22.6 Å². The van der Waals surface area contributed by atoms with Gasteiger partial charge in [-0.2, -0.15) is 0 Å². The summed E-state index contributed by atoms with van der Waals surface area (Å²) in [7, 11) is 0. The number of benzene rings is 1. The molecule has 2 N–H and O–H groups in total. The first-order chi connectivity index (χ1) is 7.90. The Morgan fingerprint density at radius 1 is 1.59 bits per heavy atom. The topological polar surface area (TPSA) is 69.2 Å². The Hall–Kier alpha value is -0.650. The lowest BCUT2D eigenvalue weighted by molar-refractivity contribution is -0.384. The van der Waals surface area contributed by atoms with Gasteiger partial charge in [-0.1, -0.05) is 0 Å². The van der Waals surface area contributed by atoms with E-state index in [0.717, 1.165) is 17.1 Å². The van der Waals surface area contributed by atoms with Gasteiger partial charge in [-0.05, 0) is 18.6 Å². The van der Waals surface area contributed by atoms with Crippen LogP contribution in [0, 0.1) is 16.0 Å². The number of rotatable bonds is 4. The molecule has 0 aliphatic heterocycles. The fourth-order valence-electron chi connectivity index (χ4n) is 1.42. The van der Waals surface area contributed by atoms with Crippen LogP contribution in [0.25, 0.3) is 0 Å². The van der Waals surface area contributed by atoms with Crippen molar-refractivity contribution in [2.24, 2.45) is 5.92 Å². The van der Waals surface area contributed by atoms with Crippen LogP contribution in [-0.4, -0.2) is 15.0 Å². The van der Waals surface area contributed by atoms with Gasteiger partial charge >= 0.3 is 0 Å². The van der Waals surface area contributed by atoms with Crippen molar-refractivity contribution < 1.29 is 4.92 Å². The van der Waals surface area contributed by atoms with E-state index < -0.39 is 9.26 Å². The maximum atomic E-state index is 10.7. The molecule has 4 nitrogen and oxygen atoms in total. The molecule has 1 saturated carbocycles. The van der Waals surface area contributed by atoms with Gasteiger partial charge in [0.15, 0.2) is 0 Å². The Morgan fingerprint density at radius 2 is 2.24 bits per heavy atom. The van der Waals surface area contributed by atoms with Crippen molar-refractivity contribution in [1.82, 2.24) is 0 Å². The van der Waals surface area contributed by atoms with E-state index in [2.05, 4.69) is 0 Å². The molecule has 1 aromatic carbocycles. The second kappa shape index (κ2) is 4.55. The first kappa shape index (κ1) is 12.8. The number of nitrogen functional groups attached to an aromatic ring is 1. The molecule has 1 aliphatic carbocycles. The smallest absolute Gasteiger partial charge is 0.293 e. The zero-order chi connectivity index (χ0) is 12.6. The summed E-state index contributed by atoms with van der Waals surface area (Å²) in [6.45, 7) is 0. The van der Waals surface area contributed by atoms with E-state index in [1.165, 1.54) is 17.8 Å². The monoisotopic (exact) mass is 292 g/mol. The molecule has 7 heteroatoms. The molecular weight excluding hydrogens is 283 g/mol. The van der Waals surface area contributed by atoms with Crippen LogP contribution < -0.4 is 5.73 Å². The third-order valence-corrected chi connectivity index (χ3v) is 4.69. The maximum Gasteiger partial charge on any atom is 0.293 e. The van der Waals surface area contributed by atoms with Crippen LogP contribution >= 0.6 is 35.0 Å². The van der Waals surface area contributed by atoms with Gasteiger partial charge in [0.2, 0.25) is 0 Å². The summed E-state index contributed by atoms with van der Waals surface area (Å²) in [5, 5.41) is 10.7. The number of nitrogens with two attached hydrogens (primary N) is 1. The molecule has 1 aliphatic rings. The molecule has 1 atom stereocenters. The normalized spacial score (nSPS) is 21.2. The first-order valence-electron chi connectivity index (χ1n) is 4.94. The molecule has 0 saturated heterocycles. The van der Waals surface area contributed by atoms with Crippen LogP contribution in [0.2, 0.25) is 0 Å². The second-order valence-corrected chi connectivity index (χ2v) is 6.59. The lowest BCUT2D eigenvalue weighted by atomic mass is 10.3. The van der Waals surface area contributed by atoms with Crippen molar-refractivity contribution in [1.29, 1.82) is 0 Å². The summed E-state index contributed by atoms with van der Waals surface area (Å²) in [6, 6.07) is 4.79. The largest absolute Gasteiger partial charge is 0.393 e. The van der Waals surface area contributed by atoms with E-state index in [0.29, 0.717) is 0 Å². The van der Waals surface area contributed by atoms with Crippen molar-refractivity contribution in [3.8, 4) is 0 Å². The Kier molecular flexibility index (Phi) is 3.43. The highest BCUT2D eigenvalue weighted by Crippen LogP contribution is 2.54. The Bertz CT molecular complexity index is 468. The van der Waals surface area contributed by atoms with Crippen LogP contribution in [0.1, 0.15) is 6.42 Å². The molecule has 0 spiro atoms. The predicted octanol–water partition coefficient (Wildman–Crippen LogP) is 3.46. The van der Waals surface area contributed by atoms with Crippen molar-refractivity contribution in [3.63, 3.8) is 0 Å². The first-order valence-corrected chi connectivity index (χ1v) is 6.69. The maximum absolute atomic E-state index is 10.7. The lowest BCUT2D eigenvalue weighted by Crippen LogP contribution is -1.96. The van der Waals surface area contributed by atoms with Gasteiger partial charge < -0.3 is 5.73 Å². The number of hydrogen-bond acceptors (Lipinski definition) is 4. The molecule has 0 bridgehead atoms. The van der Waals surface area contributed by atoms with E-state index in [-0.39, 0.29) is 17.3 Å². The van der Waals surface area contributed by atoms with E-state index in [9.17, 15) is 10.1 Å². The number of alkyl halides is 2. The summed E-state index contributed by atoms with van der Waals surface area (Å²) in [6.07, 6.45) is 0.778. The molecule has 0 aromatic heterocycles. The van der Waals surface area contributed by atoms with Crippen molar-refractivity contribution >= 4 is 46.3 Å². The van der Waals surface area contributed by atoms with Gasteiger partial charge in [0.1, 0.15) is 10.0 Å². The molecule has 92 valence electrons. The SMILES string of the molecule is Nc1ccc(SCC2CC2(Cl)Cl)cc1[N+](=O)[O-]. The Morgan fingerprint density at radius 3 is 2.76 bits per heavy atom. The average Bonchev–Trinajstić information content (AvgIpc) is 2.85. The minimum Gasteiger partial charge on any atom is -0.393 e. The summed E-state index contributed by atoms with van der Waals surface area (Å²) in [4.78, 5) is 11.0. The van der Waals surface area contributed by atoms with Gasteiger partial charge in [-0.25, -0.2) is 0 Å². The molecule has 1 unspecified atom stereocenters. The van der Waals surface area contributed by atoms with Crippen molar-refractivity contribution in [2.45, 2.75) is 15.6 Å². The van der Waals surface area contributed by atoms with E-state index >= 15 is 0 Å². The second-order valence-electron chi connectivity index (χ2n) is 3.95. The molecule has 1 aromatic rings. The number of anilines is 1. The number of nitrogens with zero attached hydrogens (tertiary/aromatic N) is 1. The minimum absolute atomic E-state index is 0.0613. The Labute approximate surface area is 113 Å². The standard InChI is InChI=1S/C10H10Cl2N2O2S/c11-10(12)4-6(10)5-17-7-1-2-8(13)9(3-7)14(15)16/h1-3,6H,4-5,13H2. The lowest BCUT2D eigenvalue weighted by Gasteiger charge is -2.03. The third-order valence-electron chi connectivity index (χ3n) is 2.61. The molecule has 1 fully saturated rings. The van der Waals surface area contributed by atoms with Gasteiger partial charge in [0.25, 0.3) is 5.69 Å². The van der Waals surface area contributed by atoms with Crippen LogP contribution in [0.3, 0.4) is 0 Å². The zero-order valence-electron chi connectivity index (χ0n) is 8.73. The van der Waals surface area contributed by atoms with Crippen LogP contribution in [0.15, 0.2) is 23.1 Å². The average molecular weight is 293 g/mol. The molecular formula is C10H10Cl2N2O2S. The highest BCUT2D eigenvalue weighted by atomic mass is 35.5. The van der Waals surface area contributed by atoms with Crippen LogP contribution in [-0.2, 0) is 0 Å². The van der Waals surface area contributed by atoms with Crippen LogP contribution in [0.5, 0.6) is 0 Å². The number of nitro benzene ring substituents is 1. The molecule has 0 amide bonds. The van der Waals surface area contributed by atoms with Gasteiger partial charge in [-0.3, -0.25) is 10.1 Å². The van der Waals surface area contributed by atoms with E-state index in [1.807, 2.05) is 0 Å². The zero-order valence-corrected chi connectivity index (χ0v) is 11.1. The number of nitro groups is 1. The van der Waals surface area contributed by atoms with E-state index in [1.54, 1.807) is 12.1 Å². The Balaban J connectivity index is 2.02. The van der Waals surface area contributed by atoms with Crippen molar-refractivity contribution in [2.75, 3.05) is 11.5 Å². The summed E-state index contributed by atoms with van der Waals surface area (Å²) >= 11 is 13.3. The summed E-state index contributed by atoms with van der Waals surface area (Å²) in [5.41, 5.74) is 5.62. The quantitative estimate of drug-likeness (QED) is 0.303. The third kappa shape index (κ3) is 2.97. The number of hydrogen-bond donors (Lipinski definition) is 1. The summed E-state index contributed by atoms with van der Waals surface area (Å²) < 4.78 is -0.604. The van der Waals surface area contributed by atoms with Crippen LogP contribution in [0.4, 0.5) is 11.4 Å². The predicted molar refractivity (Wildman–Crippen MR) is 70.8 cm³/mol. The highest BCUT2D eigenvalue weighted by molar-refractivity contribution is 7.99. The number of thioether (sulfide) groups is 1. The molecule has 0 heterocycles. The van der Waals surface area contributed by atoms with E-state index in [4.69, 9.17) is 28.9 Å². The minimum atomic E-state index is -0.604. The van der Waals surface area contributed by atoms with Crippen molar-refractivity contribution in [3.05, 3.63) is 28.3 Å². The molecule has 17 heavy (non-hydrogen) atoms. The highest BCUT2D eigenvalue weighted by Gasteiger charge is 2.51.